The van der Waals surface area contributed by atoms with Crippen LogP contribution in [-0.4, -0.2) is 6.04 Å². The summed E-state index contributed by atoms with van der Waals surface area (Å²) in [7, 11) is 0. The average molecular weight is 283 g/mol. The monoisotopic (exact) mass is 283 g/mol. The second kappa shape index (κ2) is 6.77. The van der Waals surface area contributed by atoms with E-state index in [4.69, 9.17) is 10.5 Å². The lowest BCUT2D eigenvalue weighted by Crippen LogP contribution is -2.18. The highest BCUT2D eigenvalue weighted by atomic mass is 16.5. The summed E-state index contributed by atoms with van der Waals surface area (Å²) in [5.74, 6) is 2.28. The predicted molar refractivity (Wildman–Crippen MR) is 89.1 cm³/mol. The van der Waals surface area contributed by atoms with E-state index >= 15 is 0 Å². The Morgan fingerprint density at radius 1 is 1.05 bits per heavy atom. The molecule has 2 heteroatoms. The molecule has 112 valence electrons. The van der Waals surface area contributed by atoms with Crippen LogP contribution >= 0.6 is 0 Å². The summed E-state index contributed by atoms with van der Waals surface area (Å²) in [5.41, 5.74) is 9.63. The fourth-order valence-corrected chi connectivity index (χ4v) is 2.38. The maximum atomic E-state index is 6.10. The van der Waals surface area contributed by atoms with Crippen LogP contribution in [0.25, 0.3) is 0 Å². The number of ether oxygens (including phenoxy) is 1. The van der Waals surface area contributed by atoms with Crippen LogP contribution in [-0.2, 0) is 6.42 Å². The summed E-state index contributed by atoms with van der Waals surface area (Å²) >= 11 is 0. The molecule has 1 atom stereocenters. The zero-order valence-corrected chi connectivity index (χ0v) is 13.4. The van der Waals surface area contributed by atoms with Crippen LogP contribution in [0.15, 0.2) is 42.5 Å². The molecule has 0 saturated heterocycles. The summed E-state index contributed by atoms with van der Waals surface area (Å²) in [6.07, 6.45) is 0.820. The molecule has 2 aromatic carbocycles. The van der Waals surface area contributed by atoms with Crippen LogP contribution in [0.2, 0.25) is 0 Å². The van der Waals surface area contributed by atoms with E-state index in [1.807, 2.05) is 25.1 Å². The van der Waals surface area contributed by atoms with Gasteiger partial charge < -0.3 is 10.5 Å². The average Bonchev–Trinajstić information content (AvgIpc) is 2.41. The Morgan fingerprint density at radius 3 is 2.48 bits per heavy atom. The molecule has 0 aliphatic carbocycles. The van der Waals surface area contributed by atoms with E-state index in [9.17, 15) is 0 Å². The van der Waals surface area contributed by atoms with Gasteiger partial charge >= 0.3 is 0 Å². The zero-order chi connectivity index (χ0) is 15.4. The highest BCUT2D eigenvalue weighted by Crippen LogP contribution is 2.29. The topological polar surface area (TPSA) is 35.2 Å². The van der Waals surface area contributed by atoms with Gasteiger partial charge in [-0.3, -0.25) is 0 Å². The highest BCUT2D eigenvalue weighted by Gasteiger charge is 2.09. The largest absolute Gasteiger partial charge is 0.457 e. The third kappa shape index (κ3) is 4.33. The van der Waals surface area contributed by atoms with Gasteiger partial charge in [0.25, 0.3) is 0 Å². The molecule has 0 spiro atoms. The van der Waals surface area contributed by atoms with Crippen LogP contribution < -0.4 is 10.5 Å². The summed E-state index contributed by atoms with van der Waals surface area (Å²) < 4.78 is 6.10. The Hall–Kier alpha value is -1.80. The van der Waals surface area contributed by atoms with E-state index in [1.54, 1.807) is 0 Å². The minimum Gasteiger partial charge on any atom is -0.457 e. The standard InChI is InChI=1S/C19H25NO/c1-13(2)16-6-5-7-18(12-16)21-19-9-8-14(3)10-17(19)11-15(4)20/h5-10,12-13,15H,11,20H2,1-4H3. The molecule has 21 heavy (non-hydrogen) atoms. The van der Waals surface area contributed by atoms with Crippen molar-refractivity contribution in [1.29, 1.82) is 0 Å². The second-order valence-electron chi connectivity index (χ2n) is 6.12. The Labute approximate surface area is 127 Å². The van der Waals surface area contributed by atoms with Crippen LogP contribution in [0, 0.1) is 6.92 Å². The van der Waals surface area contributed by atoms with E-state index in [2.05, 4.69) is 45.0 Å². The van der Waals surface area contributed by atoms with Crippen LogP contribution in [0.1, 0.15) is 43.4 Å². The summed E-state index contributed by atoms with van der Waals surface area (Å²) in [4.78, 5) is 0. The van der Waals surface area contributed by atoms with E-state index in [-0.39, 0.29) is 6.04 Å². The maximum absolute atomic E-state index is 6.10. The molecule has 0 bridgehead atoms. The Morgan fingerprint density at radius 2 is 1.81 bits per heavy atom. The quantitative estimate of drug-likeness (QED) is 0.855. The second-order valence-corrected chi connectivity index (χ2v) is 6.12. The van der Waals surface area contributed by atoms with Gasteiger partial charge in [0, 0.05) is 6.04 Å². The molecular weight excluding hydrogens is 258 g/mol. The first-order valence-electron chi connectivity index (χ1n) is 7.58. The van der Waals surface area contributed by atoms with Gasteiger partial charge in [-0.1, -0.05) is 43.7 Å². The Bertz CT molecular complexity index is 602. The lowest BCUT2D eigenvalue weighted by molar-refractivity contribution is 0.472. The normalized spacial score (nSPS) is 12.5. The van der Waals surface area contributed by atoms with Crippen molar-refractivity contribution in [2.75, 3.05) is 0 Å². The van der Waals surface area contributed by atoms with Gasteiger partial charge in [0.15, 0.2) is 0 Å². The lowest BCUT2D eigenvalue weighted by Gasteiger charge is -2.15. The summed E-state index contributed by atoms with van der Waals surface area (Å²) in [6.45, 7) is 8.48. The molecule has 0 amide bonds. The van der Waals surface area contributed by atoms with Crippen molar-refractivity contribution in [2.45, 2.75) is 46.1 Å². The molecule has 0 heterocycles. The van der Waals surface area contributed by atoms with Gasteiger partial charge in [0.05, 0.1) is 0 Å². The van der Waals surface area contributed by atoms with Gasteiger partial charge in [-0.2, -0.15) is 0 Å². The first-order chi connectivity index (χ1) is 9.95. The third-order valence-corrected chi connectivity index (χ3v) is 3.51. The fraction of sp³-hybridized carbons (Fsp3) is 0.368. The van der Waals surface area contributed by atoms with Crippen molar-refractivity contribution in [3.8, 4) is 11.5 Å². The van der Waals surface area contributed by atoms with Gasteiger partial charge in [0.2, 0.25) is 0 Å². The molecule has 0 aromatic heterocycles. The Kier molecular flexibility index (Phi) is 5.03. The van der Waals surface area contributed by atoms with Crippen molar-refractivity contribution in [3.63, 3.8) is 0 Å². The Balaban J connectivity index is 2.28. The van der Waals surface area contributed by atoms with Crippen molar-refractivity contribution >= 4 is 0 Å². The van der Waals surface area contributed by atoms with Crippen molar-refractivity contribution in [3.05, 3.63) is 59.2 Å². The van der Waals surface area contributed by atoms with Gasteiger partial charge in [-0.25, -0.2) is 0 Å². The molecule has 1 unspecified atom stereocenters. The number of benzene rings is 2. The minimum atomic E-state index is 0.121. The molecule has 0 aliphatic rings. The van der Waals surface area contributed by atoms with Crippen molar-refractivity contribution in [2.24, 2.45) is 5.73 Å². The predicted octanol–water partition coefficient (Wildman–Crippen LogP) is 4.80. The van der Waals surface area contributed by atoms with Crippen molar-refractivity contribution < 1.29 is 4.74 Å². The van der Waals surface area contributed by atoms with E-state index in [1.165, 1.54) is 16.7 Å². The van der Waals surface area contributed by atoms with E-state index in [0.717, 1.165) is 17.9 Å². The fourth-order valence-electron chi connectivity index (χ4n) is 2.38. The molecule has 0 radical (unpaired) electrons. The molecule has 0 saturated carbocycles. The van der Waals surface area contributed by atoms with E-state index < -0.39 is 0 Å². The number of aryl methyl sites for hydroxylation is 1. The molecule has 2 rings (SSSR count). The SMILES string of the molecule is Cc1ccc(Oc2cccc(C(C)C)c2)c(CC(C)N)c1. The van der Waals surface area contributed by atoms with E-state index in [0.29, 0.717) is 5.92 Å². The minimum absolute atomic E-state index is 0.121. The summed E-state index contributed by atoms with van der Waals surface area (Å²) in [5, 5.41) is 0. The third-order valence-electron chi connectivity index (χ3n) is 3.51. The lowest BCUT2D eigenvalue weighted by atomic mass is 10.0. The maximum Gasteiger partial charge on any atom is 0.130 e. The van der Waals surface area contributed by atoms with Crippen LogP contribution in [0.5, 0.6) is 11.5 Å². The first kappa shape index (κ1) is 15.6. The molecule has 2 N–H and O–H groups in total. The molecule has 0 fully saturated rings. The molecule has 2 nitrogen and oxygen atoms in total. The molecular formula is C19H25NO. The summed E-state index contributed by atoms with van der Waals surface area (Å²) in [6, 6.07) is 14.7. The van der Waals surface area contributed by atoms with Crippen molar-refractivity contribution in [1.82, 2.24) is 0 Å². The number of nitrogens with two attached hydrogens (primary N) is 1. The number of rotatable bonds is 5. The zero-order valence-electron chi connectivity index (χ0n) is 13.4. The molecule has 0 aliphatic heterocycles. The first-order valence-corrected chi connectivity index (χ1v) is 7.58. The number of hydrogen-bond donors (Lipinski definition) is 1. The van der Waals surface area contributed by atoms with Gasteiger partial charge in [-0.15, -0.1) is 0 Å². The smallest absolute Gasteiger partial charge is 0.130 e. The highest BCUT2D eigenvalue weighted by molar-refractivity contribution is 5.41. The van der Waals surface area contributed by atoms with Crippen LogP contribution in [0.3, 0.4) is 0 Å². The van der Waals surface area contributed by atoms with Gasteiger partial charge in [0.1, 0.15) is 11.5 Å². The van der Waals surface area contributed by atoms with Crippen LogP contribution in [0.4, 0.5) is 0 Å². The number of hydrogen-bond acceptors (Lipinski definition) is 2. The van der Waals surface area contributed by atoms with Gasteiger partial charge in [-0.05, 0) is 55.5 Å². The molecule has 2 aromatic rings.